The number of ether oxygens (including phenoxy) is 2. The van der Waals surface area contributed by atoms with Crippen LogP contribution in [0.15, 0.2) is 4.79 Å². The van der Waals surface area contributed by atoms with E-state index in [0.29, 0.717) is 3.57 Å². The van der Waals surface area contributed by atoms with E-state index in [4.69, 9.17) is 28.9 Å². The van der Waals surface area contributed by atoms with Crippen molar-refractivity contribution in [3.8, 4) is 0 Å². The zero-order valence-electron chi connectivity index (χ0n) is 13.0. The van der Waals surface area contributed by atoms with Crippen molar-refractivity contribution in [1.82, 2.24) is 19.9 Å². The standard InChI is InChI=1S/C6H5ClIN3O2.C6H4ClIN2O3/c1-13-5(12)3-2(8)4(9)11-6(7)10-3;1-13-5(12)3-2(8)4(11)10-6(7)9-3/h1H3,(H2,9,10,11);1H3,(H,9,10,11). The van der Waals surface area contributed by atoms with E-state index < -0.39 is 17.5 Å². The number of methoxy groups -OCH3 is 2. The monoisotopic (exact) mass is 627 g/mol. The molecule has 2 heterocycles. The summed E-state index contributed by atoms with van der Waals surface area (Å²) in [6, 6.07) is 0. The van der Waals surface area contributed by atoms with Crippen LogP contribution >= 0.6 is 68.4 Å². The first-order chi connectivity index (χ1) is 12.1. The van der Waals surface area contributed by atoms with E-state index in [2.05, 4.69) is 29.4 Å². The molecule has 0 aliphatic rings. The Bertz CT molecular complexity index is 908. The highest BCUT2D eigenvalue weighted by atomic mass is 127. The van der Waals surface area contributed by atoms with Gasteiger partial charge in [-0.05, 0) is 68.4 Å². The van der Waals surface area contributed by atoms with Crippen molar-refractivity contribution in [1.29, 1.82) is 0 Å². The molecule has 0 unspecified atom stereocenters. The van der Waals surface area contributed by atoms with Crippen molar-refractivity contribution in [2.75, 3.05) is 20.0 Å². The van der Waals surface area contributed by atoms with Crippen LogP contribution in [0, 0.1) is 7.14 Å². The van der Waals surface area contributed by atoms with Crippen LogP contribution in [0.4, 0.5) is 5.82 Å². The molecule has 0 spiro atoms. The Balaban J connectivity index is 0.000000260. The van der Waals surface area contributed by atoms with E-state index in [0.717, 1.165) is 0 Å². The number of H-pyrrole nitrogens is 1. The van der Waals surface area contributed by atoms with E-state index in [1.807, 2.05) is 22.6 Å². The van der Waals surface area contributed by atoms with E-state index >= 15 is 0 Å². The number of nitrogens with two attached hydrogens (primary N) is 1. The summed E-state index contributed by atoms with van der Waals surface area (Å²) in [7, 11) is 2.46. The summed E-state index contributed by atoms with van der Waals surface area (Å²) in [5.74, 6) is -1.10. The zero-order valence-corrected chi connectivity index (χ0v) is 18.8. The Morgan fingerprint density at radius 3 is 2.00 bits per heavy atom. The molecule has 0 aliphatic heterocycles. The smallest absolute Gasteiger partial charge is 0.358 e. The first-order valence-electron chi connectivity index (χ1n) is 6.22. The van der Waals surface area contributed by atoms with Gasteiger partial charge < -0.3 is 15.2 Å². The van der Waals surface area contributed by atoms with Crippen molar-refractivity contribution in [3.63, 3.8) is 0 Å². The SMILES string of the molecule is COC(=O)c1nc(Cl)[nH]c(=O)c1I.COC(=O)c1nc(Cl)nc(N)c1I. The van der Waals surface area contributed by atoms with Gasteiger partial charge in [0.15, 0.2) is 11.4 Å². The Kier molecular flexibility index (Phi) is 8.91. The molecule has 2 rings (SSSR count). The largest absolute Gasteiger partial charge is 0.464 e. The molecule has 0 atom stereocenters. The minimum absolute atomic E-state index is 0.0710. The number of anilines is 1. The number of rotatable bonds is 2. The number of carbonyl (C=O) groups is 2. The number of nitrogens with zero attached hydrogens (tertiary/aromatic N) is 3. The van der Waals surface area contributed by atoms with Gasteiger partial charge in [-0.3, -0.25) is 9.78 Å². The number of aromatic amines is 1. The van der Waals surface area contributed by atoms with Gasteiger partial charge in [0, 0.05) is 0 Å². The van der Waals surface area contributed by atoms with Gasteiger partial charge in [0.05, 0.1) is 17.8 Å². The lowest BCUT2D eigenvalue weighted by molar-refractivity contribution is 0.0583. The zero-order chi connectivity index (χ0) is 20.0. The van der Waals surface area contributed by atoms with Crippen LogP contribution in [0.2, 0.25) is 10.6 Å². The van der Waals surface area contributed by atoms with Crippen molar-refractivity contribution >= 4 is 86.1 Å². The number of hydrogen-bond donors (Lipinski definition) is 2. The summed E-state index contributed by atoms with van der Waals surface area (Å²) in [5.41, 5.74) is 5.02. The molecule has 0 saturated heterocycles. The molecular formula is C12H9Cl2I2N5O5. The quantitative estimate of drug-likeness (QED) is 0.289. The highest BCUT2D eigenvalue weighted by Crippen LogP contribution is 2.18. The fraction of sp³-hybridized carbons (Fsp3) is 0.167. The average molecular weight is 628 g/mol. The molecule has 0 fully saturated rings. The molecule has 2 aromatic rings. The third kappa shape index (κ3) is 5.88. The maximum atomic E-state index is 11.1. The highest BCUT2D eigenvalue weighted by molar-refractivity contribution is 14.1. The molecule has 26 heavy (non-hydrogen) atoms. The lowest BCUT2D eigenvalue weighted by atomic mass is 10.4. The van der Waals surface area contributed by atoms with Crippen LogP contribution in [0.3, 0.4) is 0 Å². The van der Waals surface area contributed by atoms with Crippen LogP contribution in [0.25, 0.3) is 0 Å². The maximum absolute atomic E-state index is 11.1. The van der Waals surface area contributed by atoms with Gasteiger partial charge >= 0.3 is 11.9 Å². The number of esters is 2. The molecule has 0 amide bonds. The second-order valence-corrected chi connectivity index (χ2v) is 6.90. The predicted molar refractivity (Wildman–Crippen MR) is 109 cm³/mol. The number of hydrogen-bond acceptors (Lipinski definition) is 9. The van der Waals surface area contributed by atoms with Gasteiger partial charge in [0.1, 0.15) is 9.39 Å². The molecule has 0 saturated carbocycles. The normalized spacial score (nSPS) is 9.77. The highest BCUT2D eigenvalue weighted by Gasteiger charge is 2.17. The van der Waals surface area contributed by atoms with Gasteiger partial charge in [0.25, 0.3) is 5.56 Å². The second-order valence-electron chi connectivity index (χ2n) is 4.04. The molecular weight excluding hydrogens is 619 g/mol. The number of halogens is 4. The molecule has 3 N–H and O–H groups in total. The first-order valence-corrected chi connectivity index (χ1v) is 9.14. The second kappa shape index (κ2) is 10.2. The van der Waals surface area contributed by atoms with E-state index in [-0.39, 0.29) is 31.3 Å². The van der Waals surface area contributed by atoms with E-state index in [1.54, 1.807) is 22.6 Å². The predicted octanol–water partition coefficient (Wildman–Crippen LogP) is 1.92. The molecule has 0 bridgehead atoms. The molecule has 140 valence electrons. The van der Waals surface area contributed by atoms with Crippen LogP contribution in [-0.4, -0.2) is 46.1 Å². The molecule has 0 aliphatic carbocycles. The Hall–Kier alpha value is -1.26. The van der Waals surface area contributed by atoms with Crippen molar-refractivity contribution < 1.29 is 19.1 Å². The summed E-state index contributed by atoms with van der Waals surface area (Å²) in [6.07, 6.45) is 0. The number of carbonyl (C=O) groups excluding carboxylic acids is 2. The number of aromatic nitrogens is 4. The average Bonchev–Trinajstić information content (AvgIpc) is 2.60. The summed E-state index contributed by atoms with van der Waals surface area (Å²) >= 11 is 14.5. The van der Waals surface area contributed by atoms with Crippen LogP contribution in [-0.2, 0) is 9.47 Å². The van der Waals surface area contributed by atoms with Crippen LogP contribution in [0.5, 0.6) is 0 Å². The molecule has 2 aromatic heterocycles. The molecule has 14 heteroatoms. The number of nitrogens with one attached hydrogen (secondary N) is 1. The molecule has 10 nitrogen and oxygen atoms in total. The fourth-order valence-electron chi connectivity index (χ4n) is 1.33. The Morgan fingerprint density at radius 2 is 1.50 bits per heavy atom. The minimum atomic E-state index is -0.683. The van der Waals surface area contributed by atoms with Crippen LogP contribution < -0.4 is 11.3 Å². The lowest BCUT2D eigenvalue weighted by Crippen LogP contribution is -2.19. The van der Waals surface area contributed by atoms with Gasteiger partial charge in [-0.15, -0.1) is 0 Å². The lowest BCUT2D eigenvalue weighted by Gasteiger charge is -2.03. The summed E-state index contributed by atoms with van der Waals surface area (Å²) in [5, 5.41) is -0.205. The van der Waals surface area contributed by atoms with Crippen molar-refractivity contribution in [2.45, 2.75) is 0 Å². The molecule has 0 radical (unpaired) electrons. The summed E-state index contributed by atoms with van der Waals surface area (Å²) in [6.45, 7) is 0. The van der Waals surface area contributed by atoms with Crippen molar-refractivity contribution in [2.24, 2.45) is 0 Å². The topological polar surface area (TPSA) is 150 Å². The summed E-state index contributed by atoms with van der Waals surface area (Å²) in [4.78, 5) is 46.5. The third-order valence-electron chi connectivity index (χ3n) is 2.44. The number of nitrogen functional groups attached to an aromatic ring is 1. The molecule has 0 aromatic carbocycles. The first kappa shape index (κ1) is 22.8. The van der Waals surface area contributed by atoms with Gasteiger partial charge in [-0.1, -0.05) is 0 Å². The third-order valence-corrected chi connectivity index (χ3v) is 4.85. The van der Waals surface area contributed by atoms with Crippen molar-refractivity contribution in [3.05, 3.63) is 39.4 Å². The van der Waals surface area contributed by atoms with Gasteiger partial charge in [-0.2, -0.15) is 4.98 Å². The Labute approximate surface area is 183 Å². The minimum Gasteiger partial charge on any atom is -0.464 e. The van der Waals surface area contributed by atoms with Gasteiger partial charge in [0.2, 0.25) is 10.6 Å². The summed E-state index contributed by atoms with van der Waals surface area (Å²) < 4.78 is 9.49. The van der Waals surface area contributed by atoms with E-state index in [9.17, 15) is 14.4 Å². The fourth-order valence-corrected chi connectivity index (χ4v) is 2.61. The van der Waals surface area contributed by atoms with Gasteiger partial charge in [-0.25, -0.2) is 19.6 Å². The Morgan fingerprint density at radius 1 is 1.00 bits per heavy atom. The van der Waals surface area contributed by atoms with E-state index in [1.165, 1.54) is 14.2 Å². The van der Waals surface area contributed by atoms with Crippen LogP contribution in [0.1, 0.15) is 21.0 Å². The maximum Gasteiger partial charge on any atom is 0.358 e.